The Morgan fingerprint density at radius 1 is 0.288 bits per heavy atom. The van der Waals surface area contributed by atoms with E-state index in [0.29, 0.717) is 17.5 Å². The topological polar surface area (TPSA) is 64.5 Å². The van der Waals surface area contributed by atoms with Crippen LogP contribution in [-0.4, -0.2) is 24.9 Å². The van der Waals surface area contributed by atoms with Crippen molar-refractivity contribution in [3.63, 3.8) is 0 Å². The van der Waals surface area contributed by atoms with E-state index >= 15 is 0 Å². The molecule has 0 aliphatic rings. The van der Waals surface area contributed by atoms with Crippen LogP contribution in [0.3, 0.4) is 0 Å². The first-order chi connectivity index (χ1) is 25.7. The maximum absolute atomic E-state index is 5.13. The summed E-state index contributed by atoms with van der Waals surface area (Å²) in [7, 11) is 0. The fourth-order valence-corrected chi connectivity index (χ4v) is 7.05. The molecule has 5 nitrogen and oxygen atoms in total. The lowest BCUT2D eigenvalue weighted by Crippen LogP contribution is -2.00. The van der Waals surface area contributed by atoms with Gasteiger partial charge in [-0.15, -0.1) is 0 Å². The van der Waals surface area contributed by atoms with Crippen molar-refractivity contribution >= 4 is 43.4 Å². The minimum atomic E-state index is 0.623. The van der Waals surface area contributed by atoms with E-state index in [-0.39, 0.29) is 0 Å². The van der Waals surface area contributed by atoms with Gasteiger partial charge < -0.3 is 0 Å². The number of hydrogen-bond donors (Lipinski definition) is 0. The SMILES string of the molecule is c1ccc2cc3c(-c4nc(-c5ccc(-c6ccc7ncccc7c6)cc5)nc(-c5ccc(-c6ccc7ncccc7c6)cc5)n4)cccc3cc2c1. The van der Waals surface area contributed by atoms with Gasteiger partial charge in [0.1, 0.15) is 0 Å². The van der Waals surface area contributed by atoms with Gasteiger partial charge in [-0.05, 0) is 92.3 Å². The average Bonchev–Trinajstić information content (AvgIpc) is 3.22. The van der Waals surface area contributed by atoms with Crippen LogP contribution in [0.25, 0.3) is 99.8 Å². The molecule has 10 rings (SSSR count). The number of aromatic nitrogens is 5. The second-order valence-corrected chi connectivity index (χ2v) is 13.0. The lowest BCUT2D eigenvalue weighted by molar-refractivity contribution is 1.08. The predicted molar refractivity (Wildman–Crippen MR) is 213 cm³/mol. The fourth-order valence-electron chi connectivity index (χ4n) is 7.05. The summed E-state index contributed by atoms with van der Waals surface area (Å²) in [5.74, 6) is 1.88. The van der Waals surface area contributed by atoms with E-state index in [2.05, 4.69) is 162 Å². The minimum absolute atomic E-state index is 0.623. The van der Waals surface area contributed by atoms with E-state index in [0.717, 1.165) is 71.5 Å². The number of pyridine rings is 2. The molecule has 10 aromatic rings. The van der Waals surface area contributed by atoms with Gasteiger partial charge in [0.15, 0.2) is 17.5 Å². The van der Waals surface area contributed by atoms with Crippen LogP contribution in [0.1, 0.15) is 0 Å². The van der Waals surface area contributed by atoms with Gasteiger partial charge in [-0.25, -0.2) is 15.0 Å². The van der Waals surface area contributed by atoms with Gasteiger partial charge in [-0.1, -0.05) is 115 Å². The van der Waals surface area contributed by atoms with Gasteiger partial charge >= 0.3 is 0 Å². The van der Waals surface area contributed by atoms with Crippen LogP contribution in [0, 0.1) is 0 Å². The quantitative estimate of drug-likeness (QED) is 0.171. The smallest absolute Gasteiger partial charge is 0.164 e. The van der Waals surface area contributed by atoms with Crippen molar-refractivity contribution in [2.24, 2.45) is 0 Å². The summed E-state index contributed by atoms with van der Waals surface area (Å²) in [6.45, 7) is 0. The molecule has 3 heterocycles. The lowest BCUT2D eigenvalue weighted by atomic mass is 9.99. The molecule has 0 radical (unpaired) electrons. The standard InChI is InChI=1S/C47H29N5/c1-2-7-35-29-42-38(26-34(35)6-1)8-3-11-41(42)47-51-45(32-16-12-30(13-17-32)36-20-22-43-39(27-36)9-4-24-48-43)50-46(52-47)33-18-14-31(15-19-33)37-21-23-44-40(28-37)10-5-25-49-44/h1-29H. The van der Waals surface area contributed by atoms with Gasteiger partial charge in [0.25, 0.3) is 0 Å². The van der Waals surface area contributed by atoms with E-state index in [1.807, 2.05) is 24.5 Å². The van der Waals surface area contributed by atoms with Gasteiger partial charge in [0.2, 0.25) is 0 Å². The molecule has 52 heavy (non-hydrogen) atoms. The van der Waals surface area contributed by atoms with Gasteiger partial charge in [-0.2, -0.15) is 0 Å². The summed E-state index contributed by atoms with van der Waals surface area (Å²) in [5.41, 5.74) is 9.27. The number of nitrogens with zero attached hydrogens (tertiary/aromatic N) is 5. The third-order valence-corrected chi connectivity index (χ3v) is 9.78. The number of hydrogen-bond acceptors (Lipinski definition) is 5. The van der Waals surface area contributed by atoms with Crippen LogP contribution < -0.4 is 0 Å². The van der Waals surface area contributed by atoms with E-state index in [1.165, 1.54) is 10.8 Å². The second kappa shape index (κ2) is 12.3. The Balaban J connectivity index is 1.09. The van der Waals surface area contributed by atoms with Crippen LogP contribution in [-0.2, 0) is 0 Å². The molecule has 0 aliphatic carbocycles. The summed E-state index contributed by atoms with van der Waals surface area (Å²) >= 11 is 0. The van der Waals surface area contributed by atoms with Crippen molar-refractivity contribution in [3.8, 4) is 56.4 Å². The van der Waals surface area contributed by atoms with Crippen molar-refractivity contribution < 1.29 is 0 Å². The summed E-state index contributed by atoms with van der Waals surface area (Å²) in [4.78, 5) is 24.3. The molecule has 0 saturated heterocycles. The van der Waals surface area contributed by atoms with E-state index < -0.39 is 0 Å². The molecule has 0 aliphatic heterocycles. The highest BCUT2D eigenvalue weighted by molar-refractivity contribution is 6.04. The third-order valence-electron chi connectivity index (χ3n) is 9.78. The number of fused-ring (bicyclic) bond motifs is 4. The van der Waals surface area contributed by atoms with Gasteiger partial charge in [-0.3, -0.25) is 9.97 Å². The zero-order chi connectivity index (χ0) is 34.4. The number of benzene rings is 7. The van der Waals surface area contributed by atoms with Crippen molar-refractivity contribution in [2.75, 3.05) is 0 Å². The zero-order valence-corrected chi connectivity index (χ0v) is 28.0. The Hall–Kier alpha value is -7.11. The monoisotopic (exact) mass is 663 g/mol. The first-order valence-electron chi connectivity index (χ1n) is 17.3. The summed E-state index contributed by atoms with van der Waals surface area (Å²) in [5, 5.41) is 6.85. The Bertz CT molecular complexity index is 2810. The highest BCUT2D eigenvalue weighted by Crippen LogP contribution is 2.34. The summed E-state index contributed by atoms with van der Waals surface area (Å²) in [6.07, 6.45) is 3.65. The van der Waals surface area contributed by atoms with Crippen molar-refractivity contribution in [1.82, 2.24) is 24.9 Å². The molecule has 0 saturated carbocycles. The third kappa shape index (κ3) is 5.42. The van der Waals surface area contributed by atoms with Crippen molar-refractivity contribution in [1.29, 1.82) is 0 Å². The normalized spacial score (nSPS) is 11.5. The number of rotatable bonds is 5. The van der Waals surface area contributed by atoms with Crippen molar-refractivity contribution in [2.45, 2.75) is 0 Å². The first-order valence-corrected chi connectivity index (χ1v) is 17.3. The highest BCUT2D eigenvalue weighted by Gasteiger charge is 2.15. The van der Waals surface area contributed by atoms with Gasteiger partial charge in [0.05, 0.1) is 11.0 Å². The maximum atomic E-state index is 5.13. The minimum Gasteiger partial charge on any atom is -0.256 e. The summed E-state index contributed by atoms with van der Waals surface area (Å²) < 4.78 is 0. The molecular formula is C47H29N5. The van der Waals surface area contributed by atoms with E-state index in [1.54, 1.807) is 0 Å². The molecule has 0 atom stereocenters. The maximum Gasteiger partial charge on any atom is 0.164 e. The molecule has 0 bridgehead atoms. The molecular weight excluding hydrogens is 635 g/mol. The Morgan fingerprint density at radius 3 is 1.33 bits per heavy atom. The molecule has 0 fully saturated rings. The molecule has 3 aromatic heterocycles. The van der Waals surface area contributed by atoms with Crippen molar-refractivity contribution in [3.05, 3.63) is 176 Å². The lowest BCUT2D eigenvalue weighted by Gasteiger charge is -2.12. The highest BCUT2D eigenvalue weighted by atomic mass is 15.0. The van der Waals surface area contributed by atoms with Crippen LogP contribution in [0.5, 0.6) is 0 Å². The van der Waals surface area contributed by atoms with Crippen LogP contribution in [0.4, 0.5) is 0 Å². The molecule has 0 amide bonds. The van der Waals surface area contributed by atoms with Crippen LogP contribution in [0.2, 0.25) is 0 Å². The Labute approximate surface area is 300 Å². The Morgan fingerprint density at radius 2 is 0.750 bits per heavy atom. The van der Waals surface area contributed by atoms with E-state index in [4.69, 9.17) is 15.0 Å². The zero-order valence-electron chi connectivity index (χ0n) is 28.0. The fraction of sp³-hybridized carbons (Fsp3) is 0. The summed E-state index contributed by atoms with van der Waals surface area (Å²) in [6, 6.07) is 57.0. The predicted octanol–water partition coefficient (Wildman–Crippen LogP) is 11.6. The van der Waals surface area contributed by atoms with Gasteiger partial charge in [0, 0.05) is 39.9 Å². The van der Waals surface area contributed by atoms with Crippen LogP contribution in [0.15, 0.2) is 176 Å². The molecule has 0 N–H and O–H groups in total. The van der Waals surface area contributed by atoms with Crippen LogP contribution >= 0.6 is 0 Å². The molecule has 5 heteroatoms. The molecule has 242 valence electrons. The second-order valence-electron chi connectivity index (χ2n) is 13.0. The first kappa shape index (κ1) is 29.8. The average molecular weight is 664 g/mol. The largest absolute Gasteiger partial charge is 0.256 e. The Kier molecular flexibility index (Phi) is 7.07. The molecule has 0 unspecified atom stereocenters. The molecule has 7 aromatic carbocycles. The molecule has 0 spiro atoms. The van der Waals surface area contributed by atoms with E-state index in [9.17, 15) is 0 Å².